The van der Waals surface area contributed by atoms with Crippen LogP contribution < -0.4 is 0 Å². The number of ketones is 1. The normalized spacial score (nSPS) is 15.9. The van der Waals surface area contributed by atoms with E-state index in [0.29, 0.717) is 14.7 Å². The lowest BCUT2D eigenvalue weighted by Crippen LogP contribution is -2.36. The fourth-order valence-electron chi connectivity index (χ4n) is 4.01. The van der Waals surface area contributed by atoms with E-state index in [1.807, 2.05) is 46.8 Å². The van der Waals surface area contributed by atoms with Gasteiger partial charge in [-0.3, -0.25) is 9.59 Å². The maximum absolute atomic E-state index is 13.3. The van der Waals surface area contributed by atoms with Gasteiger partial charge in [0.25, 0.3) is 0 Å². The second-order valence-electron chi connectivity index (χ2n) is 7.50. The van der Waals surface area contributed by atoms with E-state index in [-0.39, 0.29) is 23.8 Å². The zero-order valence-corrected chi connectivity index (χ0v) is 18.2. The minimum absolute atomic E-state index is 0.0532. The van der Waals surface area contributed by atoms with Gasteiger partial charge in [0.1, 0.15) is 5.92 Å². The second kappa shape index (κ2) is 10.7. The van der Waals surface area contributed by atoms with Gasteiger partial charge in [-0.15, -0.1) is 0 Å². The summed E-state index contributed by atoms with van der Waals surface area (Å²) in [6.07, 6.45) is 5.06. The number of ether oxygens (including phenoxy) is 1. The molecular formula is C21H33O4P. The highest BCUT2D eigenvalue weighted by molar-refractivity contribution is 7.00. The number of hydrogen-bond donors (Lipinski definition) is 0. The fourth-order valence-corrected chi connectivity index (χ4v) is 4.01. The lowest BCUT2D eigenvalue weighted by molar-refractivity contribution is -0.152. The first-order valence-corrected chi connectivity index (χ1v) is 10.0. The quantitative estimate of drug-likeness (QED) is 0.316. The fraction of sp³-hybridized carbons (Fsp3) is 0.619. The minimum Gasteiger partial charge on any atom is -0.462 e. The zero-order valence-electron chi connectivity index (χ0n) is 16.8. The lowest BCUT2D eigenvalue weighted by atomic mass is 9.75. The topological polar surface area (TPSA) is 60.4 Å². The molecule has 4 nitrogen and oxygen atoms in total. The van der Waals surface area contributed by atoms with Crippen molar-refractivity contribution in [1.29, 1.82) is 0 Å². The molecule has 0 spiro atoms. The van der Waals surface area contributed by atoms with E-state index < -0.39 is 5.92 Å². The zero-order chi connectivity index (χ0) is 19.9. The van der Waals surface area contributed by atoms with Crippen LogP contribution in [0.15, 0.2) is 12.1 Å². The Morgan fingerprint density at radius 3 is 1.96 bits per heavy atom. The summed E-state index contributed by atoms with van der Waals surface area (Å²) in [4.78, 5) is 26.0. The van der Waals surface area contributed by atoms with Crippen molar-refractivity contribution >= 4 is 20.9 Å². The highest BCUT2D eigenvalue weighted by Crippen LogP contribution is 2.34. The molecule has 0 aromatic heterocycles. The van der Waals surface area contributed by atoms with Gasteiger partial charge in [-0.25, -0.2) is 0 Å². The largest absolute Gasteiger partial charge is 0.462 e. The molecular weight excluding hydrogens is 347 g/mol. The van der Waals surface area contributed by atoms with Gasteiger partial charge >= 0.3 is 5.97 Å². The number of esters is 1. The molecule has 2 rings (SSSR count). The van der Waals surface area contributed by atoms with E-state index in [4.69, 9.17) is 9.30 Å². The molecule has 0 heterocycles. The first-order chi connectivity index (χ1) is 12.3. The highest BCUT2D eigenvalue weighted by Gasteiger charge is 2.38. The van der Waals surface area contributed by atoms with Crippen molar-refractivity contribution in [2.75, 3.05) is 0 Å². The third-order valence-electron chi connectivity index (χ3n) is 4.93. The SMILES string of the molecule is Cc1cc(C)c(C(=O)C(C(=O)OC(C)C)C2CCCCC2)c(C)c1.O=[PH3]. The summed E-state index contributed by atoms with van der Waals surface area (Å²) in [5, 5.41) is 0. The van der Waals surface area contributed by atoms with E-state index >= 15 is 0 Å². The Morgan fingerprint density at radius 1 is 1.00 bits per heavy atom. The molecule has 0 saturated heterocycles. The van der Waals surface area contributed by atoms with E-state index in [9.17, 15) is 9.59 Å². The van der Waals surface area contributed by atoms with Gasteiger partial charge in [0.15, 0.2) is 5.78 Å². The number of rotatable bonds is 5. The third kappa shape index (κ3) is 5.81. The number of carbonyl (C=O) groups excluding carboxylic acids is 2. The molecule has 1 aliphatic rings. The molecule has 1 fully saturated rings. The average molecular weight is 380 g/mol. The number of hydrogen-bond acceptors (Lipinski definition) is 4. The molecule has 1 saturated carbocycles. The van der Waals surface area contributed by atoms with Gasteiger partial charge in [-0.05, 0) is 64.5 Å². The second-order valence-corrected chi connectivity index (χ2v) is 7.50. The van der Waals surface area contributed by atoms with Crippen LogP contribution in [0.3, 0.4) is 0 Å². The first-order valence-electron chi connectivity index (χ1n) is 9.42. The lowest BCUT2D eigenvalue weighted by Gasteiger charge is -2.29. The number of benzene rings is 1. The smallest absolute Gasteiger partial charge is 0.317 e. The molecule has 0 aliphatic heterocycles. The molecule has 1 aliphatic carbocycles. The Kier molecular flexibility index (Phi) is 9.29. The van der Waals surface area contributed by atoms with Crippen LogP contribution in [0, 0.1) is 32.6 Å². The van der Waals surface area contributed by atoms with Crippen molar-refractivity contribution in [1.82, 2.24) is 0 Å². The van der Waals surface area contributed by atoms with Crippen LogP contribution >= 0.6 is 9.12 Å². The molecule has 2 atom stereocenters. The number of Topliss-reactive ketones (excluding diaryl/α,β-unsaturated/α-hetero) is 1. The summed E-state index contributed by atoms with van der Waals surface area (Å²) < 4.78 is 13.7. The molecule has 26 heavy (non-hydrogen) atoms. The van der Waals surface area contributed by atoms with Gasteiger partial charge in [-0.2, -0.15) is 0 Å². The van der Waals surface area contributed by atoms with Crippen LogP contribution in [0.4, 0.5) is 0 Å². The number of aryl methyl sites for hydroxylation is 3. The molecule has 1 aromatic rings. The standard InChI is InChI=1S/C21H30O3.H3OP/c1-13(2)24-21(23)19(17-9-7-6-8-10-17)20(22)18-15(4)11-14(3)12-16(18)5;1-2/h11-13,17,19H,6-10H2,1-5H3;2H3. The minimum atomic E-state index is -0.659. The Morgan fingerprint density at radius 2 is 1.50 bits per heavy atom. The summed E-state index contributed by atoms with van der Waals surface area (Å²) in [5.41, 5.74) is 3.75. The van der Waals surface area contributed by atoms with E-state index in [1.165, 1.54) is 6.42 Å². The molecule has 0 bridgehead atoms. The Hall–Kier alpha value is -1.41. The van der Waals surface area contributed by atoms with Crippen molar-refractivity contribution in [2.45, 2.75) is 72.8 Å². The molecule has 146 valence electrons. The number of carbonyl (C=O) groups is 2. The summed E-state index contributed by atoms with van der Waals surface area (Å²) in [7, 11) is 0.611. The van der Waals surface area contributed by atoms with Gasteiger partial charge in [-0.1, -0.05) is 37.0 Å². The molecule has 0 N–H and O–H groups in total. The molecule has 1 aromatic carbocycles. The summed E-state index contributed by atoms with van der Waals surface area (Å²) >= 11 is 0. The Bertz CT molecular complexity index is 610. The summed E-state index contributed by atoms with van der Waals surface area (Å²) in [6, 6.07) is 4.04. The van der Waals surface area contributed by atoms with Gasteiger partial charge in [0.2, 0.25) is 0 Å². The maximum Gasteiger partial charge on any atom is 0.317 e. The van der Waals surface area contributed by atoms with Crippen molar-refractivity contribution in [3.63, 3.8) is 0 Å². The third-order valence-corrected chi connectivity index (χ3v) is 4.93. The predicted molar refractivity (Wildman–Crippen MR) is 108 cm³/mol. The Labute approximate surface area is 159 Å². The van der Waals surface area contributed by atoms with Crippen molar-refractivity contribution in [3.8, 4) is 0 Å². The first kappa shape index (κ1) is 22.6. The van der Waals surface area contributed by atoms with Crippen LogP contribution in [-0.4, -0.2) is 17.9 Å². The van der Waals surface area contributed by atoms with Crippen molar-refractivity contribution in [2.24, 2.45) is 11.8 Å². The highest BCUT2D eigenvalue weighted by atomic mass is 31.0. The van der Waals surface area contributed by atoms with E-state index in [1.54, 1.807) is 0 Å². The van der Waals surface area contributed by atoms with E-state index in [2.05, 4.69) is 0 Å². The van der Waals surface area contributed by atoms with Crippen LogP contribution in [0.2, 0.25) is 0 Å². The van der Waals surface area contributed by atoms with Crippen molar-refractivity contribution < 1.29 is 18.9 Å². The molecule has 5 heteroatoms. The predicted octanol–water partition coefficient (Wildman–Crippen LogP) is 4.88. The average Bonchev–Trinajstić information content (AvgIpc) is 2.56. The van der Waals surface area contributed by atoms with E-state index in [0.717, 1.165) is 42.4 Å². The van der Waals surface area contributed by atoms with Crippen LogP contribution in [-0.2, 0) is 14.1 Å². The van der Waals surface area contributed by atoms with Crippen molar-refractivity contribution in [3.05, 3.63) is 34.4 Å². The monoisotopic (exact) mass is 380 g/mol. The van der Waals surface area contributed by atoms with Crippen LogP contribution in [0.5, 0.6) is 0 Å². The van der Waals surface area contributed by atoms with Crippen LogP contribution in [0.1, 0.15) is 73.0 Å². The molecule has 0 radical (unpaired) electrons. The molecule has 0 amide bonds. The van der Waals surface area contributed by atoms with Gasteiger partial charge in [0.05, 0.1) is 15.2 Å². The summed E-state index contributed by atoms with van der Waals surface area (Å²) in [5.74, 6) is -0.950. The Balaban J connectivity index is 0.00000163. The maximum atomic E-state index is 13.3. The van der Waals surface area contributed by atoms with Gasteiger partial charge < -0.3 is 9.30 Å². The van der Waals surface area contributed by atoms with Crippen LogP contribution in [0.25, 0.3) is 0 Å². The summed E-state index contributed by atoms with van der Waals surface area (Å²) in [6.45, 7) is 9.61. The molecule has 2 unspecified atom stereocenters. The van der Waals surface area contributed by atoms with Gasteiger partial charge in [0, 0.05) is 5.56 Å².